The van der Waals surface area contributed by atoms with Crippen LogP contribution in [0.15, 0.2) is 5.16 Å². The number of hydrogen-bond acceptors (Lipinski definition) is 7. The van der Waals surface area contributed by atoms with Crippen LogP contribution in [0.2, 0.25) is 0 Å². The Labute approximate surface area is 163 Å². The summed E-state index contributed by atoms with van der Waals surface area (Å²) in [5, 5.41) is 6.07. The standard InChI is InChI=1S/C19H27N3O2S2/c1-11(2)25-18-21-16(20-9-12-6-5-7-23-12)15-13-8-19(3,4)24-10-14(13)26-17(15)22-18/h11-12H,5-10H2,1-4H3,(H,20,21,22)/t12-/m1/s1. The molecule has 5 nitrogen and oxygen atoms in total. The van der Waals surface area contributed by atoms with Gasteiger partial charge in [0.05, 0.1) is 23.7 Å². The number of thioether (sulfide) groups is 1. The maximum Gasteiger partial charge on any atom is 0.191 e. The predicted molar refractivity (Wildman–Crippen MR) is 108 cm³/mol. The van der Waals surface area contributed by atoms with E-state index in [0.717, 1.165) is 48.2 Å². The van der Waals surface area contributed by atoms with Gasteiger partial charge in [0, 0.05) is 29.7 Å². The summed E-state index contributed by atoms with van der Waals surface area (Å²) in [6, 6.07) is 0. The first-order valence-electron chi connectivity index (χ1n) is 9.40. The summed E-state index contributed by atoms with van der Waals surface area (Å²) in [6.07, 6.45) is 3.46. The number of fused-ring (bicyclic) bond motifs is 3. The first-order valence-corrected chi connectivity index (χ1v) is 11.1. The predicted octanol–water partition coefficient (Wildman–Crippen LogP) is 4.63. The molecule has 0 aromatic carbocycles. The van der Waals surface area contributed by atoms with Gasteiger partial charge in [-0.1, -0.05) is 25.6 Å². The lowest BCUT2D eigenvalue weighted by molar-refractivity contribution is -0.0379. The SMILES string of the molecule is CC(C)Sc1nc(NC[C@H]2CCCO2)c2c3c(sc2n1)COC(C)(C)C3. The molecule has 142 valence electrons. The Balaban J connectivity index is 1.73. The quantitative estimate of drug-likeness (QED) is 0.590. The molecule has 1 saturated heterocycles. The molecule has 0 unspecified atom stereocenters. The molecule has 2 aromatic heterocycles. The van der Waals surface area contributed by atoms with Crippen molar-refractivity contribution in [3.05, 3.63) is 10.4 Å². The highest BCUT2D eigenvalue weighted by molar-refractivity contribution is 7.99. The maximum absolute atomic E-state index is 6.01. The number of nitrogens with one attached hydrogen (secondary N) is 1. The summed E-state index contributed by atoms with van der Waals surface area (Å²) < 4.78 is 11.8. The minimum absolute atomic E-state index is 0.141. The summed E-state index contributed by atoms with van der Waals surface area (Å²) in [4.78, 5) is 12.1. The Morgan fingerprint density at radius 3 is 2.92 bits per heavy atom. The molecule has 4 rings (SSSR count). The van der Waals surface area contributed by atoms with Crippen molar-refractivity contribution < 1.29 is 9.47 Å². The fraction of sp³-hybridized carbons (Fsp3) is 0.684. The van der Waals surface area contributed by atoms with Crippen LogP contribution in [0.5, 0.6) is 0 Å². The molecular formula is C19H27N3O2S2. The van der Waals surface area contributed by atoms with Gasteiger partial charge in [-0.2, -0.15) is 0 Å². The number of thiophene rings is 1. The van der Waals surface area contributed by atoms with Crippen LogP contribution in [-0.4, -0.2) is 40.1 Å². The van der Waals surface area contributed by atoms with Crippen molar-refractivity contribution in [2.75, 3.05) is 18.5 Å². The second-order valence-corrected chi connectivity index (χ2v) is 10.6. The zero-order chi connectivity index (χ0) is 18.3. The third-order valence-electron chi connectivity index (χ3n) is 4.77. The van der Waals surface area contributed by atoms with Crippen molar-refractivity contribution in [1.29, 1.82) is 0 Å². The molecule has 1 fully saturated rings. The highest BCUT2D eigenvalue weighted by Crippen LogP contribution is 2.41. The molecule has 4 heterocycles. The van der Waals surface area contributed by atoms with Crippen molar-refractivity contribution in [3.8, 4) is 0 Å². The van der Waals surface area contributed by atoms with E-state index in [-0.39, 0.29) is 11.7 Å². The summed E-state index contributed by atoms with van der Waals surface area (Å²) in [7, 11) is 0. The maximum atomic E-state index is 6.01. The first kappa shape index (κ1) is 18.5. The Bertz CT molecular complexity index is 798. The molecule has 1 N–H and O–H groups in total. The van der Waals surface area contributed by atoms with Crippen LogP contribution in [0.1, 0.15) is 51.0 Å². The topological polar surface area (TPSA) is 56.3 Å². The van der Waals surface area contributed by atoms with Crippen LogP contribution in [0.4, 0.5) is 5.82 Å². The van der Waals surface area contributed by atoms with E-state index in [1.165, 1.54) is 15.8 Å². The third kappa shape index (κ3) is 3.86. The molecule has 0 aliphatic carbocycles. The fourth-order valence-electron chi connectivity index (χ4n) is 3.53. The molecule has 26 heavy (non-hydrogen) atoms. The van der Waals surface area contributed by atoms with Crippen LogP contribution in [-0.2, 0) is 22.5 Å². The van der Waals surface area contributed by atoms with Gasteiger partial charge in [0.15, 0.2) is 5.16 Å². The van der Waals surface area contributed by atoms with Gasteiger partial charge in [0.2, 0.25) is 0 Å². The van der Waals surface area contributed by atoms with E-state index in [1.54, 1.807) is 23.1 Å². The van der Waals surface area contributed by atoms with E-state index in [2.05, 4.69) is 33.0 Å². The molecule has 2 aliphatic heterocycles. The third-order valence-corrected chi connectivity index (χ3v) is 6.74. The van der Waals surface area contributed by atoms with E-state index in [0.29, 0.717) is 11.9 Å². The van der Waals surface area contributed by atoms with Gasteiger partial charge in [-0.3, -0.25) is 0 Å². The van der Waals surface area contributed by atoms with Gasteiger partial charge in [0.25, 0.3) is 0 Å². The molecular weight excluding hydrogens is 366 g/mol. The van der Waals surface area contributed by atoms with Crippen molar-refractivity contribution >= 4 is 39.1 Å². The van der Waals surface area contributed by atoms with Gasteiger partial charge < -0.3 is 14.8 Å². The lowest BCUT2D eigenvalue weighted by atomic mass is 9.94. The number of ether oxygens (including phenoxy) is 2. The minimum atomic E-state index is -0.141. The highest BCUT2D eigenvalue weighted by Gasteiger charge is 2.31. The van der Waals surface area contributed by atoms with Gasteiger partial charge in [-0.15, -0.1) is 11.3 Å². The van der Waals surface area contributed by atoms with E-state index in [1.807, 2.05) is 0 Å². The van der Waals surface area contributed by atoms with E-state index in [4.69, 9.17) is 19.4 Å². The number of aromatic nitrogens is 2. The minimum Gasteiger partial charge on any atom is -0.376 e. The van der Waals surface area contributed by atoms with E-state index in [9.17, 15) is 0 Å². The number of rotatable bonds is 5. The van der Waals surface area contributed by atoms with Crippen LogP contribution in [0.25, 0.3) is 10.2 Å². The molecule has 1 atom stereocenters. The van der Waals surface area contributed by atoms with E-state index < -0.39 is 0 Å². The van der Waals surface area contributed by atoms with Crippen molar-refractivity contribution in [3.63, 3.8) is 0 Å². The van der Waals surface area contributed by atoms with Gasteiger partial charge in [-0.25, -0.2) is 9.97 Å². The summed E-state index contributed by atoms with van der Waals surface area (Å²) in [5.74, 6) is 0.962. The van der Waals surface area contributed by atoms with Gasteiger partial charge in [0.1, 0.15) is 10.6 Å². The van der Waals surface area contributed by atoms with Crippen molar-refractivity contribution in [1.82, 2.24) is 9.97 Å². The Morgan fingerprint density at radius 1 is 1.35 bits per heavy atom. The van der Waals surface area contributed by atoms with Crippen LogP contribution in [0.3, 0.4) is 0 Å². The molecule has 7 heteroatoms. The van der Waals surface area contributed by atoms with Crippen LogP contribution in [0, 0.1) is 0 Å². The second kappa shape index (κ2) is 7.26. The Hall–Kier alpha value is -0.890. The van der Waals surface area contributed by atoms with Crippen LogP contribution < -0.4 is 5.32 Å². The van der Waals surface area contributed by atoms with E-state index >= 15 is 0 Å². The molecule has 2 aromatic rings. The zero-order valence-corrected chi connectivity index (χ0v) is 17.6. The number of nitrogens with zero attached hydrogens (tertiary/aromatic N) is 2. The molecule has 0 amide bonds. The first-order chi connectivity index (χ1) is 12.4. The number of hydrogen-bond donors (Lipinski definition) is 1. The van der Waals surface area contributed by atoms with Crippen molar-refractivity contribution in [2.45, 2.75) is 75.7 Å². The smallest absolute Gasteiger partial charge is 0.191 e. The molecule has 0 spiro atoms. The molecule has 0 saturated carbocycles. The van der Waals surface area contributed by atoms with Gasteiger partial charge >= 0.3 is 0 Å². The summed E-state index contributed by atoms with van der Waals surface area (Å²) in [6.45, 7) is 11.0. The van der Waals surface area contributed by atoms with Crippen molar-refractivity contribution in [2.24, 2.45) is 0 Å². The largest absolute Gasteiger partial charge is 0.376 e. The summed E-state index contributed by atoms with van der Waals surface area (Å²) in [5.41, 5.74) is 1.22. The number of anilines is 1. The lowest BCUT2D eigenvalue weighted by Gasteiger charge is -2.30. The van der Waals surface area contributed by atoms with Crippen LogP contribution >= 0.6 is 23.1 Å². The molecule has 0 radical (unpaired) electrons. The molecule has 0 bridgehead atoms. The normalized spacial score (nSPS) is 22.1. The molecule has 2 aliphatic rings. The summed E-state index contributed by atoms with van der Waals surface area (Å²) >= 11 is 3.47. The highest BCUT2D eigenvalue weighted by atomic mass is 32.2. The fourth-order valence-corrected chi connectivity index (χ4v) is 5.40. The Morgan fingerprint density at radius 2 is 2.19 bits per heavy atom. The zero-order valence-electron chi connectivity index (χ0n) is 15.9. The average Bonchev–Trinajstić information content (AvgIpc) is 3.18. The average molecular weight is 394 g/mol. The Kier molecular flexibility index (Phi) is 5.16. The van der Waals surface area contributed by atoms with Gasteiger partial charge in [-0.05, 0) is 32.3 Å². The monoisotopic (exact) mass is 393 g/mol. The second-order valence-electron chi connectivity index (χ2n) is 7.95. The lowest BCUT2D eigenvalue weighted by Crippen LogP contribution is -2.31.